The van der Waals surface area contributed by atoms with E-state index in [2.05, 4.69) is 72.1 Å². The fraction of sp³-hybridized carbons (Fsp3) is 0.625. The second-order valence-corrected chi connectivity index (χ2v) is 10.7. The largest absolute Gasteiger partial charge is 0.375 e. The van der Waals surface area contributed by atoms with Gasteiger partial charge in [0.15, 0.2) is 5.13 Å². The van der Waals surface area contributed by atoms with E-state index >= 15 is 0 Å². The molecule has 2 saturated heterocycles. The number of hydrogen-bond donors (Lipinski definition) is 1. The lowest BCUT2D eigenvalue weighted by molar-refractivity contribution is 0.0818. The van der Waals surface area contributed by atoms with Crippen molar-refractivity contribution in [3.63, 3.8) is 0 Å². The molecule has 158 valence electrons. The van der Waals surface area contributed by atoms with Gasteiger partial charge < -0.3 is 10.6 Å². The molecule has 2 aliphatic heterocycles. The van der Waals surface area contributed by atoms with Crippen molar-refractivity contribution in [1.29, 1.82) is 0 Å². The highest BCUT2D eigenvalue weighted by Crippen LogP contribution is 2.39. The van der Waals surface area contributed by atoms with Crippen LogP contribution < -0.4 is 10.6 Å². The number of anilines is 2. The van der Waals surface area contributed by atoms with E-state index in [0.29, 0.717) is 22.6 Å². The van der Waals surface area contributed by atoms with Crippen molar-refractivity contribution in [1.82, 2.24) is 9.88 Å². The predicted molar refractivity (Wildman–Crippen MR) is 125 cm³/mol. The maximum absolute atomic E-state index is 5.87. The lowest BCUT2D eigenvalue weighted by Gasteiger charge is -2.42. The molecule has 2 fully saturated rings. The molecule has 2 atom stereocenters. The Kier molecular flexibility index (Phi) is 5.90. The molecule has 4 nitrogen and oxygen atoms in total. The van der Waals surface area contributed by atoms with Crippen molar-refractivity contribution >= 4 is 22.2 Å². The number of nitrogen functional groups attached to an aromatic ring is 1. The molecule has 0 aliphatic carbocycles. The van der Waals surface area contributed by atoms with E-state index in [0.717, 1.165) is 24.6 Å². The molecular formula is C24H36N4S. The van der Waals surface area contributed by atoms with Gasteiger partial charge >= 0.3 is 0 Å². The Balaban J connectivity index is 1.41. The quantitative estimate of drug-likeness (QED) is 0.701. The fourth-order valence-corrected chi connectivity index (χ4v) is 5.76. The third-order valence-electron chi connectivity index (χ3n) is 7.08. The summed E-state index contributed by atoms with van der Waals surface area (Å²) in [5, 5.41) is 2.80. The van der Waals surface area contributed by atoms with Gasteiger partial charge in [-0.25, -0.2) is 4.98 Å². The van der Waals surface area contributed by atoms with Gasteiger partial charge in [-0.3, -0.25) is 4.90 Å². The van der Waals surface area contributed by atoms with Crippen LogP contribution in [0.4, 0.5) is 10.8 Å². The van der Waals surface area contributed by atoms with Gasteiger partial charge in [0.05, 0.1) is 11.7 Å². The molecule has 1 unspecified atom stereocenters. The number of nitrogens with two attached hydrogens (primary N) is 1. The number of aromatic nitrogens is 1. The first-order chi connectivity index (χ1) is 13.8. The first kappa shape index (κ1) is 20.7. The fourth-order valence-electron chi connectivity index (χ4n) is 5.15. The normalized spacial score (nSPS) is 22.9. The molecule has 2 aliphatic rings. The maximum atomic E-state index is 5.87. The number of likely N-dealkylation sites (tertiary alicyclic amines) is 1. The number of rotatable bonds is 4. The average Bonchev–Trinajstić information content (AvgIpc) is 3.36. The van der Waals surface area contributed by atoms with Crippen LogP contribution in [0, 0.1) is 5.92 Å². The number of nitrogens with zero attached hydrogens (tertiary/aromatic N) is 3. The number of benzene rings is 1. The van der Waals surface area contributed by atoms with E-state index in [1.165, 1.54) is 43.6 Å². The third-order valence-corrected chi connectivity index (χ3v) is 7.77. The highest BCUT2D eigenvalue weighted by atomic mass is 32.1. The van der Waals surface area contributed by atoms with Crippen LogP contribution in [0.2, 0.25) is 0 Å². The molecule has 2 N–H and O–H groups in total. The van der Waals surface area contributed by atoms with Gasteiger partial charge in [0.25, 0.3) is 0 Å². The zero-order valence-corrected chi connectivity index (χ0v) is 19.2. The first-order valence-corrected chi connectivity index (χ1v) is 12.0. The summed E-state index contributed by atoms with van der Waals surface area (Å²) in [4.78, 5) is 9.69. The zero-order chi connectivity index (χ0) is 20.6. The minimum absolute atomic E-state index is 0.296. The van der Waals surface area contributed by atoms with Crippen LogP contribution in [-0.2, 0) is 0 Å². The number of hydrogen-bond acceptors (Lipinski definition) is 5. The average molecular weight is 413 g/mol. The first-order valence-electron chi connectivity index (χ1n) is 11.2. The second kappa shape index (κ2) is 8.27. The zero-order valence-electron chi connectivity index (χ0n) is 18.4. The van der Waals surface area contributed by atoms with Gasteiger partial charge in [-0.1, -0.05) is 19.1 Å². The summed E-state index contributed by atoms with van der Waals surface area (Å²) in [5.74, 6) is 1.41. The summed E-state index contributed by atoms with van der Waals surface area (Å²) in [5.41, 5.74) is 10.1. The molecule has 1 aromatic carbocycles. The molecular weight excluding hydrogens is 376 g/mol. The minimum Gasteiger partial charge on any atom is -0.375 e. The van der Waals surface area contributed by atoms with Gasteiger partial charge in [0.1, 0.15) is 0 Å². The summed E-state index contributed by atoms with van der Waals surface area (Å²) >= 11 is 1.55. The van der Waals surface area contributed by atoms with E-state index in [1.54, 1.807) is 11.3 Å². The molecule has 2 aromatic rings. The highest BCUT2D eigenvalue weighted by molar-refractivity contribution is 7.13. The molecule has 0 radical (unpaired) electrons. The molecule has 0 saturated carbocycles. The minimum atomic E-state index is 0.296. The molecule has 5 heteroatoms. The maximum Gasteiger partial charge on any atom is 0.180 e. The van der Waals surface area contributed by atoms with Gasteiger partial charge in [-0.2, -0.15) is 0 Å². The Labute approximate surface area is 180 Å². The van der Waals surface area contributed by atoms with Crippen LogP contribution in [0.5, 0.6) is 0 Å². The molecule has 0 spiro atoms. The lowest BCUT2D eigenvalue weighted by Crippen LogP contribution is -2.46. The van der Waals surface area contributed by atoms with Crippen LogP contribution in [0.3, 0.4) is 0 Å². The van der Waals surface area contributed by atoms with E-state index in [4.69, 9.17) is 5.73 Å². The Morgan fingerprint density at radius 1 is 1.07 bits per heavy atom. The Hall–Kier alpha value is -1.59. The molecule has 1 aromatic heterocycles. The summed E-state index contributed by atoms with van der Waals surface area (Å²) < 4.78 is 0. The Morgan fingerprint density at radius 2 is 1.76 bits per heavy atom. The SMILES string of the molecule is CC(c1ccc(N2CCC[C@@H]2c2csc(N)n2)cc1)C1CCN(C(C)(C)C)CC1. The topological polar surface area (TPSA) is 45.4 Å². The van der Waals surface area contributed by atoms with E-state index in [-0.39, 0.29) is 0 Å². The molecule has 0 bridgehead atoms. The molecule has 4 rings (SSSR count). The number of thiazole rings is 1. The van der Waals surface area contributed by atoms with Crippen molar-refractivity contribution in [2.75, 3.05) is 30.3 Å². The van der Waals surface area contributed by atoms with E-state index < -0.39 is 0 Å². The molecule has 29 heavy (non-hydrogen) atoms. The van der Waals surface area contributed by atoms with Crippen molar-refractivity contribution in [3.8, 4) is 0 Å². The summed E-state index contributed by atoms with van der Waals surface area (Å²) in [7, 11) is 0. The van der Waals surface area contributed by atoms with Crippen molar-refractivity contribution in [3.05, 3.63) is 40.9 Å². The van der Waals surface area contributed by atoms with Crippen molar-refractivity contribution in [2.45, 2.75) is 70.9 Å². The van der Waals surface area contributed by atoms with Crippen LogP contribution in [-0.4, -0.2) is 35.1 Å². The Morgan fingerprint density at radius 3 is 2.34 bits per heavy atom. The van der Waals surface area contributed by atoms with Crippen LogP contribution in [0.25, 0.3) is 0 Å². The Bertz CT molecular complexity index is 799. The summed E-state index contributed by atoms with van der Waals surface area (Å²) in [6.45, 7) is 13.0. The van der Waals surface area contributed by atoms with Gasteiger partial charge in [-0.15, -0.1) is 11.3 Å². The van der Waals surface area contributed by atoms with Gasteiger partial charge in [0, 0.05) is 23.2 Å². The highest BCUT2D eigenvalue weighted by Gasteiger charge is 2.31. The van der Waals surface area contributed by atoms with Gasteiger partial charge in [0.2, 0.25) is 0 Å². The second-order valence-electron chi connectivity index (χ2n) is 9.84. The predicted octanol–water partition coefficient (Wildman–Crippen LogP) is 5.68. The molecule has 0 amide bonds. The molecule has 3 heterocycles. The van der Waals surface area contributed by atoms with Crippen LogP contribution >= 0.6 is 11.3 Å². The standard InChI is InChI=1S/C24H36N4S/c1-17(19-11-14-27(15-12-19)24(2,3)4)18-7-9-20(10-8-18)28-13-5-6-22(28)21-16-29-23(25)26-21/h7-10,16-17,19,22H,5-6,11-15H2,1-4H3,(H2,25,26)/t17?,22-/m1/s1. The monoisotopic (exact) mass is 412 g/mol. The summed E-state index contributed by atoms with van der Waals surface area (Å²) in [6.07, 6.45) is 4.99. The third kappa shape index (κ3) is 4.46. The van der Waals surface area contributed by atoms with Gasteiger partial charge in [-0.05, 0) is 89.1 Å². The van der Waals surface area contributed by atoms with Crippen molar-refractivity contribution < 1.29 is 0 Å². The number of piperidine rings is 1. The van der Waals surface area contributed by atoms with Crippen LogP contribution in [0.1, 0.15) is 76.6 Å². The summed E-state index contributed by atoms with van der Waals surface area (Å²) in [6, 6.07) is 9.74. The van der Waals surface area contributed by atoms with E-state index in [1.807, 2.05) is 0 Å². The van der Waals surface area contributed by atoms with Crippen LogP contribution in [0.15, 0.2) is 29.6 Å². The smallest absolute Gasteiger partial charge is 0.180 e. The lowest BCUT2D eigenvalue weighted by atomic mass is 9.80. The van der Waals surface area contributed by atoms with Crippen molar-refractivity contribution in [2.24, 2.45) is 5.92 Å². The van der Waals surface area contributed by atoms with E-state index in [9.17, 15) is 0 Å².